The van der Waals surface area contributed by atoms with E-state index >= 15 is 0 Å². The summed E-state index contributed by atoms with van der Waals surface area (Å²) < 4.78 is 0. The van der Waals surface area contributed by atoms with Gasteiger partial charge in [0.25, 0.3) is 0 Å². The van der Waals surface area contributed by atoms with Crippen LogP contribution in [-0.2, 0) is 6.42 Å². The summed E-state index contributed by atoms with van der Waals surface area (Å²) in [6.07, 6.45) is 6.19. The lowest BCUT2D eigenvalue weighted by Crippen LogP contribution is -2.40. The highest BCUT2D eigenvalue weighted by Gasteiger charge is 2.29. The first-order valence-corrected chi connectivity index (χ1v) is 7.45. The molecule has 1 aliphatic carbocycles. The van der Waals surface area contributed by atoms with Crippen LogP contribution in [0.2, 0.25) is 0 Å². The number of hydrogen-bond donors (Lipinski definition) is 2. The van der Waals surface area contributed by atoms with Crippen molar-refractivity contribution >= 4 is 0 Å². The van der Waals surface area contributed by atoms with Crippen LogP contribution in [0.15, 0.2) is 30.6 Å². The predicted octanol–water partition coefficient (Wildman–Crippen LogP) is 2.58. The third-order valence-corrected chi connectivity index (χ3v) is 4.18. The maximum Gasteiger partial charge on any atom is 0.137 e. The number of H-pyrrole nitrogens is 1. The molecule has 20 heavy (non-hydrogen) atoms. The lowest BCUT2D eigenvalue weighted by atomic mass is 9.76. The third kappa shape index (κ3) is 3.25. The molecule has 106 valence electrons. The van der Waals surface area contributed by atoms with Crippen LogP contribution in [0.1, 0.15) is 42.1 Å². The van der Waals surface area contributed by atoms with Gasteiger partial charge in [0.1, 0.15) is 12.2 Å². The average Bonchev–Trinajstić information content (AvgIpc) is 2.91. The smallest absolute Gasteiger partial charge is 0.137 e. The maximum atomic E-state index is 4.13. The molecular formula is C16H22N4. The molecule has 1 heterocycles. The van der Waals surface area contributed by atoms with Crippen LogP contribution in [0, 0.1) is 6.92 Å². The molecule has 4 heteroatoms. The van der Waals surface area contributed by atoms with E-state index in [0.29, 0.717) is 6.04 Å². The summed E-state index contributed by atoms with van der Waals surface area (Å²) in [5, 5.41) is 10.4. The van der Waals surface area contributed by atoms with Crippen LogP contribution in [0.4, 0.5) is 0 Å². The number of aryl methyl sites for hydroxylation is 2. The highest BCUT2D eigenvalue weighted by atomic mass is 15.2. The monoisotopic (exact) mass is 270 g/mol. The van der Waals surface area contributed by atoms with Gasteiger partial charge < -0.3 is 5.32 Å². The minimum atomic E-state index is 0.691. The minimum absolute atomic E-state index is 0.691. The summed E-state index contributed by atoms with van der Waals surface area (Å²) in [7, 11) is 0. The molecule has 0 bridgehead atoms. The van der Waals surface area contributed by atoms with Gasteiger partial charge in [0.2, 0.25) is 0 Å². The van der Waals surface area contributed by atoms with Crippen molar-refractivity contribution < 1.29 is 0 Å². The van der Waals surface area contributed by atoms with E-state index in [0.717, 1.165) is 31.1 Å². The van der Waals surface area contributed by atoms with E-state index in [4.69, 9.17) is 0 Å². The third-order valence-electron chi connectivity index (χ3n) is 4.18. The molecule has 0 amide bonds. The molecule has 1 aliphatic rings. The van der Waals surface area contributed by atoms with Gasteiger partial charge in [-0.3, -0.25) is 5.10 Å². The van der Waals surface area contributed by atoms with Gasteiger partial charge in [-0.15, -0.1) is 0 Å². The zero-order valence-electron chi connectivity index (χ0n) is 12.0. The Labute approximate surface area is 120 Å². The van der Waals surface area contributed by atoms with Crippen molar-refractivity contribution in [2.24, 2.45) is 0 Å². The Morgan fingerprint density at radius 3 is 2.75 bits per heavy atom. The lowest BCUT2D eigenvalue weighted by Gasteiger charge is -2.36. The van der Waals surface area contributed by atoms with E-state index in [9.17, 15) is 0 Å². The van der Waals surface area contributed by atoms with E-state index in [2.05, 4.69) is 51.7 Å². The molecule has 0 unspecified atom stereocenters. The number of aromatic amines is 1. The summed E-state index contributed by atoms with van der Waals surface area (Å²) in [5.74, 6) is 1.74. The van der Waals surface area contributed by atoms with Gasteiger partial charge in [-0.25, -0.2) is 4.98 Å². The molecule has 0 radical (unpaired) electrons. The van der Waals surface area contributed by atoms with Gasteiger partial charge in [-0.1, -0.05) is 29.8 Å². The van der Waals surface area contributed by atoms with Crippen LogP contribution in [0.3, 0.4) is 0 Å². The first kappa shape index (κ1) is 13.3. The van der Waals surface area contributed by atoms with Gasteiger partial charge in [-0.2, -0.15) is 5.10 Å². The standard InChI is InChI=1S/C16H22N4/c1-12-4-6-13(7-5-12)14-9-15(10-14)17-8-2-3-16-18-11-19-20-16/h4-7,11,14-15,17H,2-3,8-10H2,1H3,(H,18,19,20). The molecule has 1 aromatic heterocycles. The number of benzene rings is 1. The van der Waals surface area contributed by atoms with Crippen LogP contribution in [0.5, 0.6) is 0 Å². The van der Waals surface area contributed by atoms with Crippen molar-refractivity contribution in [2.75, 3.05) is 6.54 Å². The fourth-order valence-corrected chi connectivity index (χ4v) is 2.81. The minimum Gasteiger partial charge on any atom is -0.314 e. The van der Waals surface area contributed by atoms with Gasteiger partial charge in [0.05, 0.1) is 0 Å². The van der Waals surface area contributed by atoms with Crippen LogP contribution >= 0.6 is 0 Å². The largest absolute Gasteiger partial charge is 0.314 e. The number of rotatable bonds is 6. The Morgan fingerprint density at radius 1 is 1.25 bits per heavy atom. The summed E-state index contributed by atoms with van der Waals surface area (Å²) in [6.45, 7) is 3.20. The Hall–Kier alpha value is -1.68. The van der Waals surface area contributed by atoms with E-state index < -0.39 is 0 Å². The van der Waals surface area contributed by atoms with Crippen LogP contribution < -0.4 is 5.32 Å². The van der Waals surface area contributed by atoms with Gasteiger partial charge in [-0.05, 0) is 44.2 Å². The first-order valence-electron chi connectivity index (χ1n) is 7.45. The van der Waals surface area contributed by atoms with Crippen molar-refractivity contribution in [2.45, 2.75) is 44.6 Å². The molecule has 0 atom stereocenters. The summed E-state index contributed by atoms with van der Waals surface area (Å²) in [5.41, 5.74) is 2.84. The number of nitrogens with zero attached hydrogens (tertiary/aromatic N) is 2. The molecule has 1 fully saturated rings. The van der Waals surface area contributed by atoms with Gasteiger partial charge >= 0.3 is 0 Å². The van der Waals surface area contributed by atoms with Crippen molar-refractivity contribution in [1.29, 1.82) is 0 Å². The van der Waals surface area contributed by atoms with Crippen LogP contribution in [0.25, 0.3) is 0 Å². The van der Waals surface area contributed by atoms with Gasteiger partial charge in [0.15, 0.2) is 0 Å². The second-order valence-corrected chi connectivity index (χ2v) is 5.77. The Kier molecular flexibility index (Phi) is 4.11. The fraction of sp³-hybridized carbons (Fsp3) is 0.500. The van der Waals surface area contributed by atoms with E-state index in [1.54, 1.807) is 6.33 Å². The molecule has 0 spiro atoms. The zero-order valence-corrected chi connectivity index (χ0v) is 12.0. The van der Waals surface area contributed by atoms with Crippen LogP contribution in [-0.4, -0.2) is 27.8 Å². The molecule has 0 aliphatic heterocycles. The predicted molar refractivity (Wildman–Crippen MR) is 79.6 cm³/mol. The zero-order chi connectivity index (χ0) is 13.8. The highest BCUT2D eigenvalue weighted by Crippen LogP contribution is 2.36. The molecule has 3 rings (SSSR count). The molecule has 0 saturated heterocycles. The Balaban J connectivity index is 1.33. The fourth-order valence-electron chi connectivity index (χ4n) is 2.81. The quantitative estimate of drug-likeness (QED) is 0.793. The summed E-state index contributed by atoms with van der Waals surface area (Å²) in [6, 6.07) is 9.68. The molecule has 2 N–H and O–H groups in total. The maximum absolute atomic E-state index is 4.13. The molecule has 2 aromatic rings. The molecule has 4 nitrogen and oxygen atoms in total. The first-order chi connectivity index (χ1) is 9.81. The Bertz CT molecular complexity index is 512. The number of hydrogen-bond acceptors (Lipinski definition) is 3. The van der Waals surface area contributed by atoms with Crippen molar-refractivity contribution in [1.82, 2.24) is 20.5 Å². The number of aromatic nitrogens is 3. The van der Waals surface area contributed by atoms with Crippen molar-refractivity contribution in [3.63, 3.8) is 0 Å². The molecule has 1 saturated carbocycles. The van der Waals surface area contributed by atoms with E-state index in [1.165, 1.54) is 24.0 Å². The molecular weight excluding hydrogens is 248 g/mol. The topological polar surface area (TPSA) is 53.6 Å². The van der Waals surface area contributed by atoms with E-state index in [-0.39, 0.29) is 0 Å². The Morgan fingerprint density at radius 2 is 2.05 bits per heavy atom. The average molecular weight is 270 g/mol. The van der Waals surface area contributed by atoms with Crippen molar-refractivity contribution in [3.05, 3.63) is 47.5 Å². The SMILES string of the molecule is Cc1ccc(C2CC(NCCCc3ncn[nH]3)C2)cc1. The highest BCUT2D eigenvalue weighted by molar-refractivity contribution is 5.26. The molecule has 1 aromatic carbocycles. The second-order valence-electron chi connectivity index (χ2n) is 5.77. The number of nitrogens with one attached hydrogen (secondary N) is 2. The lowest BCUT2D eigenvalue weighted by molar-refractivity contribution is 0.290. The van der Waals surface area contributed by atoms with Crippen molar-refractivity contribution in [3.8, 4) is 0 Å². The summed E-state index contributed by atoms with van der Waals surface area (Å²) in [4.78, 5) is 4.13. The summed E-state index contributed by atoms with van der Waals surface area (Å²) >= 11 is 0. The van der Waals surface area contributed by atoms with Gasteiger partial charge in [0, 0.05) is 12.5 Å². The normalized spacial score (nSPS) is 21.6. The second kappa shape index (κ2) is 6.18. The van der Waals surface area contributed by atoms with E-state index in [1.807, 2.05) is 0 Å².